The van der Waals surface area contributed by atoms with Gasteiger partial charge in [-0.1, -0.05) is 166 Å². The van der Waals surface area contributed by atoms with Gasteiger partial charge >= 0.3 is 0 Å². The number of benzene rings is 8. The Morgan fingerprint density at radius 3 is 1.90 bits per heavy atom. The largest absolute Gasteiger partial charge is 0.360 e. The third-order valence-electron chi connectivity index (χ3n) is 12.2. The maximum atomic E-state index is 5.26. The van der Waals surface area contributed by atoms with E-state index < -0.39 is 0 Å². The molecule has 58 heavy (non-hydrogen) atoms. The Balaban J connectivity index is 1.01. The maximum absolute atomic E-state index is 5.26. The van der Waals surface area contributed by atoms with Gasteiger partial charge in [-0.3, -0.25) is 4.99 Å². The number of hydrogen-bond donors (Lipinski definition) is 1. The topological polar surface area (TPSA) is 29.3 Å². The van der Waals surface area contributed by atoms with E-state index in [4.69, 9.17) is 4.99 Å². The lowest BCUT2D eigenvalue weighted by Gasteiger charge is -2.25. The van der Waals surface area contributed by atoms with Gasteiger partial charge in [0, 0.05) is 27.6 Å². The summed E-state index contributed by atoms with van der Waals surface area (Å²) in [4.78, 5) is 5.26. The van der Waals surface area contributed by atoms with Crippen molar-refractivity contribution in [3.8, 4) is 39.1 Å². The Hall–Kier alpha value is -7.23. The molecule has 3 heteroatoms. The Kier molecular flexibility index (Phi) is 7.90. The van der Waals surface area contributed by atoms with E-state index in [1.165, 1.54) is 55.2 Å². The predicted molar refractivity (Wildman–Crippen MR) is 242 cm³/mol. The highest BCUT2D eigenvalue weighted by Gasteiger charge is 2.35. The molecule has 2 heterocycles. The highest BCUT2D eigenvalue weighted by molar-refractivity contribution is 6.13. The molecule has 8 aromatic carbocycles. The Labute approximate surface area is 339 Å². The molecule has 2 aliphatic rings. The normalized spacial score (nSPS) is 15.4. The van der Waals surface area contributed by atoms with E-state index in [0.717, 1.165) is 44.9 Å². The quantitative estimate of drug-likeness (QED) is 0.181. The van der Waals surface area contributed by atoms with Crippen LogP contribution in [0.25, 0.3) is 66.6 Å². The summed E-state index contributed by atoms with van der Waals surface area (Å²) in [5.74, 6) is 0. The standard InChI is InChI=1S/C55H41N3/c1-55(2)48-24-13-12-23-44(48)45-28-25-40(33-49(45)55)39-27-30-52-47(32-39)46-29-26-41(34-53(46)58(52)43-21-10-5-11-22-43)38-19-14-20-42(31-38)54-56-50(36-15-6-3-7-16-36)35-51(57-54)37-17-8-4-9-18-37/h3-35,54,56H,1-2H3. The van der Waals surface area contributed by atoms with Gasteiger partial charge in [0.1, 0.15) is 6.17 Å². The molecule has 9 aromatic rings. The molecule has 1 aliphatic carbocycles. The van der Waals surface area contributed by atoms with Gasteiger partial charge in [0.2, 0.25) is 0 Å². The fourth-order valence-corrected chi connectivity index (χ4v) is 9.25. The smallest absolute Gasteiger partial charge is 0.145 e. The van der Waals surface area contributed by atoms with Crippen LogP contribution in [-0.4, -0.2) is 10.3 Å². The summed E-state index contributed by atoms with van der Waals surface area (Å²) in [6.45, 7) is 4.70. The molecule has 0 amide bonds. The van der Waals surface area contributed by atoms with E-state index in [2.05, 4.69) is 224 Å². The Morgan fingerprint density at radius 1 is 0.466 bits per heavy atom. The zero-order chi connectivity index (χ0) is 38.8. The van der Waals surface area contributed by atoms with Gasteiger partial charge in [0.15, 0.2) is 0 Å². The molecule has 11 rings (SSSR count). The summed E-state index contributed by atoms with van der Waals surface area (Å²) in [7, 11) is 0. The number of rotatable bonds is 6. The summed E-state index contributed by atoms with van der Waals surface area (Å²) in [6.07, 6.45) is 1.92. The SMILES string of the molecule is CC1(C)c2ccccc2-c2ccc(-c3ccc4c(c3)c3ccc(-c5cccc(C6N=C(c7ccccc7)C=C(c7ccccc7)N6)c5)cc3n4-c3ccccc3)cc21. The summed E-state index contributed by atoms with van der Waals surface area (Å²) in [5, 5.41) is 6.23. The molecule has 0 saturated heterocycles. The molecule has 0 saturated carbocycles. The predicted octanol–water partition coefficient (Wildman–Crippen LogP) is 13.6. The molecular weight excluding hydrogens is 703 g/mol. The number of para-hydroxylation sites is 1. The van der Waals surface area contributed by atoms with Crippen LogP contribution in [0.5, 0.6) is 0 Å². The summed E-state index contributed by atoms with van der Waals surface area (Å²) < 4.78 is 2.42. The molecule has 0 fully saturated rings. The Morgan fingerprint density at radius 2 is 1.09 bits per heavy atom. The van der Waals surface area contributed by atoms with Crippen molar-refractivity contribution < 1.29 is 0 Å². The van der Waals surface area contributed by atoms with Crippen molar-refractivity contribution in [2.75, 3.05) is 0 Å². The van der Waals surface area contributed by atoms with E-state index in [1.54, 1.807) is 0 Å². The van der Waals surface area contributed by atoms with Crippen LogP contribution < -0.4 is 5.32 Å². The van der Waals surface area contributed by atoms with E-state index in [9.17, 15) is 0 Å². The molecule has 276 valence electrons. The number of aliphatic imine (C=N–C) groups is 1. The fourth-order valence-electron chi connectivity index (χ4n) is 9.25. The van der Waals surface area contributed by atoms with Gasteiger partial charge in [-0.25, -0.2) is 0 Å². The van der Waals surface area contributed by atoms with Crippen molar-refractivity contribution >= 4 is 33.2 Å². The average molecular weight is 744 g/mol. The lowest BCUT2D eigenvalue weighted by molar-refractivity contribution is 0.660. The van der Waals surface area contributed by atoms with E-state index >= 15 is 0 Å². The van der Waals surface area contributed by atoms with Crippen LogP contribution >= 0.6 is 0 Å². The first-order valence-corrected chi connectivity index (χ1v) is 20.2. The van der Waals surface area contributed by atoms with Crippen molar-refractivity contribution in [1.82, 2.24) is 9.88 Å². The molecular formula is C55H41N3. The first-order chi connectivity index (χ1) is 28.5. The van der Waals surface area contributed by atoms with Crippen molar-refractivity contribution in [3.05, 3.63) is 228 Å². The zero-order valence-electron chi connectivity index (χ0n) is 32.5. The molecule has 3 nitrogen and oxygen atoms in total. The molecule has 1 aromatic heterocycles. The minimum Gasteiger partial charge on any atom is -0.360 e. The highest BCUT2D eigenvalue weighted by Crippen LogP contribution is 2.50. The maximum Gasteiger partial charge on any atom is 0.145 e. The minimum atomic E-state index is -0.243. The van der Waals surface area contributed by atoms with Crippen molar-refractivity contribution in [2.24, 2.45) is 4.99 Å². The fraction of sp³-hybridized carbons (Fsp3) is 0.0727. The number of allylic oxidation sites excluding steroid dienone is 1. The van der Waals surface area contributed by atoms with Crippen LogP contribution in [0.1, 0.15) is 47.8 Å². The molecule has 1 aliphatic heterocycles. The van der Waals surface area contributed by atoms with E-state index in [1.807, 2.05) is 0 Å². The van der Waals surface area contributed by atoms with E-state index in [-0.39, 0.29) is 11.6 Å². The molecule has 0 bridgehead atoms. The number of nitrogens with zero attached hydrogens (tertiary/aromatic N) is 2. The van der Waals surface area contributed by atoms with Gasteiger partial charge < -0.3 is 9.88 Å². The summed E-state index contributed by atoms with van der Waals surface area (Å²) in [6, 6.07) is 70.4. The number of fused-ring (bicyclic) bond motifs is 6. The molecule has 1 unspecified atom stereocenters. The molecule has 0 spiro atoms. The van der Waals surface area contributed by atoms with Crippen molar-refractivity contribution in [2.45, 2.75) is 25.4 Å². The Bertz CT molecular complexity index is 3100. The number of nitrogens with one attached hydrogen (secondary N) is 1. The number of hydrogen-bond acceptors (Lipinski definition) is 2. The van der Waals surface area contributed by atoms with Crippen LogP contribution in [0.4, 0.5) is 0 Å². The molecule has 1 N–H and O–H groups in total. The molecule has 0 radical (unpaired) electrons. The van der Waals surface area contributed by atoms with Gasteiger partial charge in [0.05, 0.1) is 16.7 Å². The van der Waals surface area contributed by atoms with Crippen LogP contribution in [0, 0.1) is 0 Å². The lowest BCUT2D eigenvalue weighted by atomic mass is 9.81. The van der Waals surface area contributed by atoms with Gasteiger partial charge in [-0.2, -0.15) is 0 Å². The molecule has 1 atom stereocenters. The van der Waals surface area contributed by atoms with Gasteiger partial charge in [-0.05, 0) is 110 Å². The second-order valence-corrected chi connectivity index (χ2v) is 16.0. The second kappa shape index (κ2) is 13.5. The van der Waals surface area contributed by atoms with Gasteiger partial charge in [-0.15, -0.1) is 0 Å². The third kappa shape index (κ3) is 5.62. The van der Waals surface area contributed by atoms with Crippen molar-refractivity contribution in [1.29, 1.82) is 0 Å². The van der Waals surface area contributed by atoms with Crippen LogP contribution in [-0.2, 0) is 5.41 Å². The summed E-state index contributed by atoms with van der Waals surface area (Å²) in [5.41, 5.74) is 19.1. The second-order valence-electron chi connectivity index (χ2n) is 16.0. The monoisotopic (exact) mass is 743 g/mol. The van der Waals surface area contributed by atoms with Crippen molar-refractivity contribution in [3.63, 3.8) is 0 Å². The zero-order valence-corrected chi connectivity index (χ0v) is 32.5. The van der Waals surface area contributed by atoms with Crippen LogP contribution in [0.15, 0.2) is 205 Å². The van der Waals surface area contributed by atoms with Crippen LogP contribution in [0.3, 0.4) is 0 Å². The minimum absolute atomic E-state index is 0.0481. The lowest BCUT2D eigenvalue weighted by Crippen LogP contribution is -2.24. The van der Waals surface area contributed by atoms with E-state index in [0.29, 0.717) is 0 Å². The average Bonchev–Trinajstić information content (AvgIpc) is 3.74. The third-order valence-corrected chi connectivity index (χ3v) is 12.2. The van der Waals surface area contributed by atoms with Crippen LogP contribution in [0.2, 0.25) is 0 Å². The van der Waals surface area contributed by atoms with Gasteiger partial charge in [0.25, 0.3) is 0 Å². The first kappa shape index (κ1) is 34.1. The summed E-state index contributed by atoms with van der Waals surface area (Å²) >= 11 is 0. The number of aromatic nitrogens is 1. The highest BCUT2D eigenvalue weighted by atomic mass is 15.1. The first-order valence-electron chi connectivity index (χ1n) is 20.2.